The Labute approximate surface area is 130 Å². The van der Waals surface area contributed by atoms with Crippen molar-refractivity contribution in [1.82, 2.24) is 25.5 Å². The average Bonchev–Trinajstić information content (AvgIpc) is 3.16. The van der Waals surface area contributed by atoms with Gasteiger partial charge in [0.1, 0.15) is 0 Å². The lowest BCUT2D eigenvalue weighted by Crippen LogP contribution is -2.32. The number of amides is 1. The summed E-state index contributed by atoms with van der Waals surface area (Å²) in [5.41, 5.74) is 0. The maximum absolute atomic E-state index is 12.4. The number of aromatic nitrogens is 4. The van der Waals surface area contributed by atoms with E-state index in [1.807, 2.05) is 0 Å². The summed E-state index contributed by atoms with van der Waals surface area (Å²) < 4.78 is 7.57. The third kappa shape index (κ3) is 3.82. The average molecular weight is 307 g/mol. The van der Waals surface area contributed by atoms with E-state index in [4.69, 9.17) is 4.74 Å². The molecule has 7 heteroatoms. The number of nitrogens with zero attached hydrogens (tertiary/aromatic N) is 4. The number of aryl methyl sites for hydroxylation is 1. The van der Waals surface area contributed by atoms with Crippen LogP contribution in [0.4, 0.5) is 0 Å². The van der Waals surface area contributed by atoms with E-state index in [9.17, 15) is 4.79 Å². The number of carbonyl (C=O) groups is 1. The molecule has 0 radical (unpaired) electrons. The fourth-order valence-corrected chi connectivity index (χ4v) is 3.32. The van der Waals surface area contributed by atoms with E-state index < -0.39 is 0 Å². The lowest BCUT2D eigenvalue weighted by molar-refractivity contribution is -0.123. The quantitative estimate of drug-likeness (QED) is 0.804. The van der Waals surface area contributed by atoms with Gasteiger partial charge in [-0.05, 0) is 42.5 Å². The molecule has 0 bridgehead atoms. The van der Waals surface area contributed by atoms with E-state index in [0.717, 1.165) is 38.8 Å². The van der Waals surface area contributed by atoms with Crippen LogP contribution >= 0.6 is 0 Å². The minimum atomic E-state index is -0.215. The van der Waals surface area contributed by atoms with Crippen molar-refractivity contribution in [1.29, 1.82) is 0 Å². The molecular weight excluding hydrogens is 282 g/mol. The minimum Gasteiger partial charge on any atom is -0.378 e. The van der Waals surface area contributed by atoms with Crippen LogP contribution in [0, 0.1) is 0 Å². The van der Waals surface area contributed by atoms with Crippen molar-refractivity contribution in [2.75, 3.05) is 13.2 Å². The first-order chi connectivity index (χ1) is 10.8. The molecule has 22 heavy (non-hydrogen) atoms. The Morgan fingerprint density at radius 1 is 1.23 bits per heavy atom. The van der Waals surface area contributed by atoms with Crippen molar-refractivity contribution in [3.63, 3.8) is 0 Å². The summed E-state index contributed by atoms with van der Waals surface area (Å²) in [6, 6.07) is 0. The normalized spacial score (nSPS) is 22.3. The predicted molar refractivity (Wildman–Crippen MR) is 80.2 cm³/mol. The van der Waals surface area contributed by atoms with Crippen LogP contribution in [0.5, 0.6) is 0 Å². The molecule has 0 spiro atoms. The molecule has 0 aromatic carbocycles. The van der Waals surface area contributed by atoms with Crippen LogP contribution in [0.1, 0.15) is 63.1 Å². The molecule has 1 aliphatic carbocycles. The highest BCUT2D eigenvalue weighted by atomic mass is 16.5. The van der Waals surface area contributed by atoms with Crippen LogP contribution in [0.2, 0.25) is 0 Å². The maximum atomic E-state index is 12.4. The van der Waals surface area contributed by atoms with E-state index in [-0.39, 0.29) is 11.8 Å². The number of rotatable bonds is 6. The van der Waals surface area contributed by atoms with Gasteiger partial charge in [-0.25, -0.2) is 4.68 Å². The van der Waals surface area contributed by atoms with E-state index in [1.54, 1.807) is 4.68 Å². The Kier molecular flexibility index (Phi) is 5.37. The summed E-state index contributed by atoms with van der Waals surface area (Å²) in [6.07, 6.45) is 9.14. The van der Waals surface area contributed by atoms with Crippen molar-refractivity contribution in [3.05, 3.63) is 5.82 Å². The summed E-state index contributed by atoms with van der Waals surface area (Å²) >= 11 is 0. The third-order valence-corrected chi connectivity index (χ3v) is 4.58. The monoisotopic (exact) mass is 307 g/mol. The van der Waals surface area contributed by atoms with Crippen molar-refractivity contribution < 1.29 is 9.53 Å². The zero-order valence-corrected chi connectivity index (χ0v) is 13.0. The summed E-state index contributed by atoms with van der Waals surface area (Å²) in [5.74, 6) is 0.532. The second-order valence-electron chi connectivity index (χ2n) is 6.23. The largest absolute Gasteiger partial charge is 0.378 e. The molecular formula is C15H25N5O2. The zero-order chi connectivity index (χ0) is 15.2. The van der Waals surface area contributed by atoms with Crippen LogP contribution in [0.3, 0.4) is 0 Å². The van der Waals surface area contributed by atoms with Crippen LogP contribution in [0.25, 0.3) is 0 Å². The molecule has 7 nitrogen and oxygen atoms in total. The van der Waals surface area contributed by atoms with Gasteiger partial charge in [0.15, 0.2) is 5.82 Å². The highest BCUT2D eigenvalue weighted by Gasteiger charge is 2.28. The van der Waals surface area contributed by atoms with Crippen LogP contribution in [-0.2, 0) is 16.1 Å². The Balaban J connectivity index is 1.40. The van der Waals surface area contributed by atoms with Gasteiger partial charge in [-0.15, -0.1) is 5.10 Å². The second kappa shape index (κ2) is 7.67. The van der Waals surface area contributed by atoms with Crippen LogP contribution < -0.4 is 5.32 Å². The van der Waals surface area contributed by atoms with E-state index in [2.05, 4.69) is 20.8 Å². The van der Waals surface area contributed by atoms with Crippen molar-refractivity contribution in [2.24, 2.45) is 0 Å². The standard InChI is InChI=1S/C15H25N5O2/c21-15(16-9-5-11-22-12-6-1-2-7-12)13-8-3-4-10-20-14(13)17-18-19-20/h12-13H,1-11H2,(H,16,21)/t13-/m1/s1. The van der Waals surface area contributed by atoms with Gasteiger partial charge in [-0.2, -0.15) is 0 Å². The molecule has 1 aromatic heterocycles. The molecule has 0 unspecified atom stereocenters. The molecule has 1 saturated carbocycles. The van der Waals surface area contributed by atoms with Gasteiger partial charge < -0.3 is 10.1 Å². The Hall–Kier alpha value is -1.50. The predicted octanol–water partition coefficient (Wildman–Crippen LogP) is 1.41. The smallest absolute Gasteiger partial charge is 0.230 e. The topological polar surface area (TPSA) is 81.9 Å². The number of carbonyl (C=O) groups excluding carboxylic acids is 1. The highest BCUT2D eigenvalue weighted by Crippen LogP contribution is 2.24. The SMILES string of the molecule is O=C(NCCCOC1CCCC1)[C@@H]1CCCCn2nnnc21. The zero-order valence-electron chi connectivity index (χ0n) is 13.0. The molecule has 0 saturated heterocycles. The fraction of sp³-hybridized carbons (Fsp3) is 0.867. The molecule has 2 aliphatic rings. The second-order valence-corrected chi connectivity index (χ2v) is 6.23. The summed E-state index contributed by atoms with van der Waals surface area (Å²) in [4.78, 5) is 12.4. The Bertz CT molecular complexity index is 484. The van der Waals surface area contributed by atoms with Gasteiger partial charge >= 0.3 is 0 Å². The number of hydrogen-bond donors (Lipinski definition) is 1. The lowest BCUT2D eigenvalue weighted by atomic mass is 10.0. The fourth-order valence-electron chi connectivity index (χ4n) is 3.32. The molecule has 1 atom stereocenters. The van der Waals surface area contributed by atoms with Gasteiger partial charge in [-0.1, -0.05) is 19.3 Å². The molecule has 1 N–H and O–H groups in total. The van der Waals surface area contributed by atoms with Crippen molar-refractivity contribution >= 4 is 5.91 Å². The first-order valence-electron chi connectivity index (χ1n) is 8.50. The molecule has 2 heterocycles. The number of tetrazole rings is 1. The Morgan fingerprint density at radius 3 is 2.91 bits per heavy atom. The van der Waals surface area contributed by atoms with Crippen LogP contribution in [0.15, 0.2) is 0 Å². The van der Waals surface area contributed by atoms with Gasteiger partial charge in [0, 0.05) is 19.7 Å². The first-order valence-corrected chi connectivity index (χ1v) is 8.50. The van der Waals surface area contributed by atoms with E-state index in [0.29, 0.717) is 18.5 Å². The molecule has 1 aromatic rings. The number of ether oxygens (including phenoxy) is 1. The van der Waals surface area contributed by atoms with Crippen molar-refractivity contribution in [2.45, 2.75) is 69.9 Å². The van der Waals surface area contributed by atoms with E-state index in [1.165, 1.54) is 25.7 Å². The third-order valence-electron chi connectivity index (χ3n) is 4.58. The highest BCUT2D eigenvalue weighted by molar-refractivity contribution is 5.82. The molecule has 1 fully saturated rings. The first kappa shape index (κ1) is 15.4. The molecule has 3 rings (SSSR count). The molecule has 122 valence electrons. The molecule has 1 aliphatic heterocycles. The van der Waals surface area contributed by atoms with Crippen molar-refractivity contribution in [3.8, 4) is 0 Å². The minimum absolute atomic E-state index is 0.0406. The Morgan fingerprint density at radius 2 is 2.05 bits per heavy atom. The van der Waals surface area contributed by atoms with Gasteiger partial charge in [-0.3, -0.25) is 4.79 Å². The van der Waals surface area contributed by atoms with Gasteiger partial charge in [0.05, 0.1) is 12.0 Å². The lowest BCUT2D eigenvalue weighted by Gasteiger charge is -2.14. The number of nitrogens with one attached hydrogen (secondary N) is 1. The number of hydrogen-bond acceptors (Lipinski definition) is 5. The van der Waals surface area contributed by atoms with Gasteiger partial charge in [0.25, 0.3) is 0 Å². The van der Waals surface area contributed by atoms with E-state index >= 15 is 0 Å². The summed E-state index contributed by atoms with van der Waals surface area (Å²) in [6.45, 7) is 2.19. The summed E-state index contributed by atoms with van der Waals surface area (Å²) in [5, 5.41) is 14.7. The maximum Gasteiger partial charge on any atom is 0.230 e. The summed E-state index contributed by atoms with van der Waals surface area (Å²) in [7, 11) is 0. The van der Waals surface area contributed by atoms with Gasteiger partial charge in [0.2, 0.25) is 5.91 Å². The molecule has 1 amide bonds. The van der Waals surface area contributed by atoms with Crippen LogP contribution in [-0.4, -0.2) is 45.4 Å². The number of fused-ring (bicyclic) bond motifs is 1.